The van der Waals surface area contributed by atoms with Crippen LogP contribution in [0.3, 0.4) is 0 Å². The molecule has 10 heteroatoms. The van der Waals surface area contributed by atoms with E-state index in [4.69, 9.17) is 0 Å². The molecule has 1 amide bonds. The Labute approximate surface area is 131 Å². The number of benzene rings is 1. The first-order valence-corrected chi connectivity index (χ1v) is 7.77. The predicted octanol–water partition coefficient (Wildman–Crippen LogP) is 1.75. The van der Waals surface area contributed by atoms with Crippen molar-refractivity contribution in [3.8, 4) is 0 Å². The standard InChI is InChI=1S/C13H12N4O5S/c1-9(18)15-10-2-5-12(6-3-10)23(21,22)16-13-7-4-11(8-14-13)17(19)20/h2-8H,1H3,(H,14,16)(H,15,18). The highest BCUT2D eigenvalue weighted by Gasteiger charge is 2.15. The number of amides is 1. The number of hydrogen-bond acceptors (Lipinski definition) is 6. The van der Waals surface area contributed by atoms with Gasteiger partial charge in [-0.3, -0.25) is 19.6 Å². The molecular formula is C13H12N4O5S. The second-order valence-electron chi connectivity index (χ2n) is 4.47. The van der Waals surface area contributed by atoms with Crippen LogP contribution in [0.1, 0.15) is 6.92 Å². The van der Waals surface area contributed by atoms with Gasteiger partial charge in [0.05, 0.1) is 9.82 Å². The SMILES string of the molecule is CC(=O)Nc1ccc(S(=O)(=O)Nc2ccc([N+](=O)[O-])cn2)cc1. The van der Waals surface area contributed by atoms with Gasteiger partial charge in [-0.1, -0.05) is 0 Å². The summed E-state index contributed by atoms with van der Waals surface area (Å²) in [6.45, 7) is 1.34. The molecule has 2 rings (SSSR count). The zero-order chi connectivity index (χ0) is 17.0. The lowest BCUT2D eigenvalue weighted by Crippen LogP contribution is -2.14. The van der Waals surface area contributed by atoms with Crippen molar-refractivity contribution in [3.05, 3.63) is 52.7 Å². The van der Waals surface area contributed by atoms with Crippen molar-refractivity contribution < 1.29 is 18.1 Å². The minimum atomic E-state index is -3.89. The Balaban J connectivity index is 2.17. The van der Waals surface area contributed by atoms with Crippen LogP contribution in [0.4, 0.5) is 17.2 Å². The quantitative estimate of drug-likeness (QED) is 0.631. The molecule has 0 atom stereocenters. The Kier molecular flexibility index (Phi) is 4.55. The van der Waals surface area contributed by atoms with Crippen molar-refractivity contribution in [2.75, 3.05) is 10.0 Å². The minimum Gasteiger partial charge on any atom is -0.326 e. The third-order valence-corrected chi connectivity index (χ3v) is 4.05. The molecule has 0 aliphatic carbocycles. The Morgan fingerprint density at radius 1 is 1.17 bits per heavy atom. The van der Waals surface area contributed by atoms with Gasteiger partial charge in [-0.15, -0.1) is 0 Å². The molecule has 2 aromatic rings. The van der Waals surface area contributed by atoms with Gasteiger partial charge in [0.15, 0.2) is 0 Å². The number of anilines is 2. The van der Waals surface area contributed by atoms with E-state index in [9.17, 15) is 23.3 Å². The smallest absolute Gasteiger partial charge is 0.287 e. The summed E-state index contributed by atoms with van der Waals surface area (Å²) in [7, 11) is -3.89. The number of rotatable bonds is 5. The van der Waals surface area contributed by atoms with Gasteiger partial charge in [-0.25, -0.2) is 13.4 Å². The summed E-state index contributed by atoms with van der Waals surface area (Å²) in [6.07, 6.45) is 0.956. The molecule has 0 radical (unpaired) electrons. The number of carbonyl (C=O) groups is 1. The highest BCUT2D eigenvalue weighted by atomic mass is 32.2. The average molecular weight is 336 g/mol. The zero-order valence-electron chi connectivity index (χ0n) is 11.9. The Morgan fingerprint density at radius 3 is 2.30 bits per heavy atom. The summed E-state index contributed by atoms with van der Waals surface area (Å²) >= 11 is 0. The lowest BCUT2D eigenvalue weighted by molar-refractivity contribution is -0.385. The summed E-state index contributed by atoms with van der Waals surface area (Å²) in [6, 6.07) is 7.86. The number of aromatic nitrogens is 1. The molecular weight excluding hydrogens is 324 g/mol. The van der Waals surface area contributed by atoms with Gasteiger partial charge in [-0.05, 0) is 30.3 Å². The molecule has 9 nitrogen and oxygen atoms in total. The Bertz CT molecular complexity index is 832. The number of pyridine rings is 1. The molecule has 1 aromatic heterocycles. The largest absolute Gasteiger partial charge is 0.326 e. The van der Waals surface area contributed by atoms with Gasteiger partial charge in [0.2, 0.25) is 5.91 Å². The second-order valence-corrected chi connectivity index (χ2v) is 6.15. The third-order valence-electron chi connectivity index (χ3n) is 2.68. The van der Waals surface area contributed by atoms with Gasteiger partial charge < -0.3 is 5.32 Å². The maximum atomic E-state index is 12.2. The Morgan fingerprint density at radius 2 is 1.83 bits per heavy atom. The molecule has 0 aliphatic rings. The molecule has 0 saturated heterocycles. The molecule has 0 bridgehead atoms. The molecule has 2 N–H and O–H groups in total. The van der Waals surface area contributed by atoms with Crippen LogP contribution in [0.5, 0.6) is 0 Å². The number of carbonyl (C=O) groups excluding carboxylic acids is 1. The van der Waals surface area contributed by atoms with Crippen LogP contribution in [-0.2, 0) is 14.8 Å². The fourth-order valence-corrected chi connectivity index (χ4v) is 2.68. The van der Waals surface area contributed by atoms with E-state index in [0.29, 0.717) is 5.69 Å². The van der Waals surface area contributed by atoms with Crippen molar-refractivity contribution >= 4 is 33.1 Å². The normalized spacial score (nSPS) is 10.8. The first kappa shape index (κ1) is 16.4. The lowest BCUT2D eigenvalue weighted by Gasteiger charge is -2.08. The minimum absolute atomic E-state index is 0.0354. The van der Waals surface area contributed by atoms with Crippen LogP contribution >= 0.6 is 0 Å². The fourth-order valence-electron chi connectivity index (χ4n) is 1.67. The number of nitrogens with zero attached hydrogens (tertiary/aromatic N) is 2. The third kappa shape index (κ3) is 4.23. The van der Waals surface area contributed by atoms with E-state index < -0.39 is 14.9 Å². The van der Waals surface area contributed by atoms with Crippen LogP contribution in [0.15, 0.2) is 47.5 Å². The van der Waals surface area contributed by atoms with Crippen molar-refractivity contribution in [1.29, 1.82) is 0 Å². The zero-order valence-corrected chi connectivity index (χ0v) is 12.7. The van der Waals surface area contributed by atoms with Gasteiger partial charge in [0.25, 0.3) is 15.7 Å². The van der Waals surface area contributed by atoms with E-state index in [1.807, 2.05) is 0 Å². The van der Waals surface area contributed by atoms with E-state index in [1.165, 1.54) is 37.3 Å². The number of sulfonamides is 1. The Hall–Kier alpha value is -3.01. The molecule has 0 unspecified atom stereocenters. The van der Waals surface area contributed by atoms with Crippen LogP contribution in [-0.4, -0.2) is 24.2 Å². The van der Waals surface area contributed by atoms with Crippen LogP contribution in [0.25, 0.3) is 0 Å². The summed E-state index contributed by atoms with van der Waals surface area (Å²) in [5, 5.41) is 13.0. The second kappa shape index (κ2) is 6.40. The summed E-state index contributed by atoms with van der Waals surface area (Å²) in [5.74, 6) is -0.310. The maximum Gasteiger partial charge on any atom is 0.287 e. The van der Waals surface area contributed by atoms with Crippen LogP contribution in [0.2, 0.25) is 0 Å². The monoisotopic (exact) mass is 336 g/mol. The summed E-state index contributed by atoms with van der Waals surface area (Å²) in [5.41, 5.74) is 0.220. The highest BCUT2D eigenvalue weighted by molar-refractivity contribution is 7.92. The summed E-state index contributed by atoms with van der Waals surface area (Å²) < 4.78 is 26.6. The molecule has 0 saturated carbocycles. The predicted molar refractivity (Wildman–Crippen MR) is 82.4 cm³/mol. The van der Waals surface area contributed by atoms with E-state index in [2.05, 4.69) is 15.0 Å². The fraction of sp³-hybridized carbons (Fsp3) is 0.0769. The molecule has 1 heterocycles. The highest BCUT2D eigenvalue weighted by Crippen LogP contribution is 2.18. The van der Waals surface area contributed by atoms with Crippen molar-refractivity contribution in [2.24, 2.45) is 0 Å². The topological polar surface area (TPSA) is 131 Å². The van der Waals surface area contributed by atoms with Crippen molar-refractivity contribution in [3.63, 3.8) is 0 Å². The maximum absolute atomic E-state index is 12.2. The number of nitro groups is 1. The van der Waals surface area contributed by atoms with Gasteiger partial charge >= 0.3 is 0 Å². The first-order chi connectivity index (χ1) is 10.8. The van der Waals surface area contributed by atoms with Crippen LogP contribution < -0.4 is 10.0 Å². The van der Waals surface area contributed by atoms with Crippen molar-refractivity contribution in [2.45, 2.75) is 11.8 Å². The number of hydrogen-bond donors (Lipinski definition) is 2. The lowest BCUT2D eigenvalue weighted by atomic mass is 10.3. The van der Waals surface area contributed by atoms with Gasteiger partial charge in [0.1, 0.15) is 12.0 Å². The van der Waals surface area contributed by atoms with Crippen molar-refractivity contribution in [1.82, 2.24) is 4.98 Å². The van der Waals surface area contributed by atoms with E-state index in [0.717, 1.165) is 12.3 Å². The first-order valence-electron chi connectivity index (χ1n) is 6.29. The molecule has 0 aliphatic heterocycles. The molecule has 0 fully saturated rings. The van der Waals surface area contributed by atoms with Gasteiger partial charge in [0, 0.05) is 18.7 Å². The van der Waals surface area contributed by atoms with Gasteiger partial charge in [-0.2, -0.15) is 0 Å². The van der Waals surface area contributed by atoms with E-state index in [1.54, 1.807) is 0 Å². The van der Waals surface area contributed by atoms with E-state index >= 15 is 0 Å². The summed E-state index contributed by atoms with van der Waals surface area (Å²) in [4.78, 5) is 24.4. The molecule has 120 valence electrons. The molecule has 0 spiro atoms. The van der Waals surface area contributed by atoms with E-state index in [-0.39, 0.29) is 22.3 Å². The van der Waals surface area contributed by atoms with Crippen LogP contribution in [0, 0.1) is 10.1 Å². The molecule has 1 aromatic carbocycles. The average Bonchev–Trinajstić information content (AvgIpc) is 2.47. The molecule has 23 heavy (non-hydrogen) atoms. The number of nitrogens with one attached hydrogen (secondary N) is 2.